The Morgan fingerprint density at radius 1 is 1.20 bits per heavy atom. The molecular formula is C10H19N5. The number of anilines is 2. The van der Waals surface area contributed by atoms with Gasteiger partial charge in [0.1, 0.15) is 5.82 Å². The van der Waals surface area contributed by atoms with Gasteiger partial charge >= 0.3 is 0 Å². The van der Waals surface area contributed by atoms with Gasteiger partial charge in [0.05, 0.1) is 11.6 Å². The molecule has 1 aromatic heterocycles. The van der Waals surface area contributed by atoms with Crippen LogP contribution in [0, 0.1) is 0 Å². The number of hydrogen-bond acceptors (Lipinski definition) is 4. The van der Waals surface area contributed by atoms with Crippen molar-refractivity contribution in [2.45, 2.75) is 44.7 Å². The smallest absolute Gasteiger partial charge is 0.152 e. The van der Waals surface area contributed by atoms with Crippen molar-refractivity contribution in [3.63, 3.8) is 0 Å². The number of hydrogen-bond donors (Lipinski definition) is 3. The number of nitrogen functional groups attached to an aromatic ring is 2. The average Bonchev–Trinajstić information content (AvgIpc) is 2.55. The average molecular weight is 209 g/mol. The molecule has 1 aliphatic rings. The van der Waals surface area contributed by atoms with E-state index in [2.05, 4.69) is 5.10 Å². The van der Waals surface area contributed by atoms with Crippen LogP contribution in [-0.4, -0.2) is 9.78 Å². The van der Waals surface area contributed by atoms with Gasteiger partial charge in [-0.15, -0.1) is 0 Å². The van der Waals surface area contributed by atoms with Crippen LogP contribution < -0.4 is 17.2 Å². The summed E-state index contributed by atoms with van der Waals surface area (Å²) < 4.78 is 1.87. The summed E-state index contributed by atoms with van der Waals surface area (Å²) in [5.74, 6) is 1.14. The van der Waals surface area contributed by atoms with Gasteiger partial charge in [0.15, 0.2) is 5.82 Å². The molecule has 0 atom stereocenters. The zero-order valence-electron chi connectivity index (χ0n) is 8.95. The number of aromatic nitrogens is 2. The second-order valence-electron chi connectivity index (χ2n) is 4.19. The lowest BCUT2D eigenvalue weighted by atomic mass is 9.96. The van der Waals surface area contributed by atoms with E-state index < -0.39 is 0 Å². The van der Waals surface area contributed by atoms with Crippen LogP contribution in [0.15, 0.2) is 0 Å². The molecule has 6 N–H and O–H groups in total. The van der Waals surface area contributed by atoms with Gasteiger partial charge in [-0.2, -0.15) is 5.10 Å². The molecule has 0 aromatic carbocycles. The molecule has 1 heterocycles. The normalized spacial score (nSPS) is 18.2. The molecule has 0 saturated heterocycles. The first kappa shape index (κ1) is 10.3. The Balaban J connectivity index is 2.27. The first-order valence-corrected chi connectivity index (χ1v) is 5.56. The van der Waals surface area contributed by atoms with E-state index >= 15 is 0 Å². The summed E-state index contributed by atoms with van der Waals surface area (Å²) in [6, 6.07) is 0.418. The molecule has 15 heavy (non-hydrogen) atoms. The summed E-state index contributed by atoms with van der Waals surface area (Å²) in [7, 11) is 0. The van der Waals surface area contributed by atoms with Crippen LogP contribution in [0.5, 0.6) is 0 Å². The maximum Gasteiger partial charge on any atom is 0.152 e. The first-order chi connectivity index (χ1) is 7.24. The maximum absolute atomic E-state index is 5.99. The Hall–Kier alpha value is -1.23. The van der Waals surface area contributed by atoms with Crippen molar-refractivity contribution in [1.82, 2.24) is 9.78 Å². The lowest BCUT2D eigenvalue weighted by Gasteiger charge is -2.22. The summed E-state index contributed by atoms with van der Waals surface area (Å²) >= 11 is 0. The van der Waals surface area contributed by atoms with Crippen molar-refractivity contribution in [1.29, 1.82) is 0 Å². The summed E-state index contributed by atoms with van der Waals surface area (Å²) in [5, 5.41) is 4.29. The Kier molecular flexibility index (Phi) is 2.81. The van der Waals surface area contributed by atoms with Crippen LogP contribution in [0.3, 0.4) is 0 Å². The van der Waals surface area contributed by atoms with Gasteiger partial charge in [0.2, 0.25) is 0 Å². The molecule has 0 spiro atoms. The quantitative estimate of drug-likeness (QED) is 0.677. The van der Waals surface area contributed by atoms with Crippen LogP contribution in [-0.2, 0) is 6.54 Å². The molecule has 0 bridgehead atoms. The zero-order valence-corrected chi connectivity index (χ0v) is 8.95. The first-order valence-electron chi connectivity index (χ1n) is 5.56. The molecular weight excluding hydrogens is 190 g/mol. The molecule has 0 aliphatic heterocycles. The van der Waals surface area contributed by atoms with Crippen molar-refractivity contribution in [2.24, 2.45) is 5.73 Å². The Morgan fingerprint density at radius 3 is 2.40 bits per heavy atom. The van der Waals surface area contributed by atoms with E-state index in [-0.39, 0.29) is 0 Å². The second-order valence-corrected chi connectivity index (χ2v) is 4.19. The molecule has 0 amide bonds. The Morgan fingerprint density at radius 2 is 1.87 bits per heavy atom. The highest BCUT2D eigenvalue weighted by Gasteiger charge is 2.21. The fourth-order valence-corrected chi connectivity index (χ4v) is 2.31. The summed E-state index contributed by atoms with van der Waals surface area (Å²) in [4.78, 5) is 0. The van der Waals surface area contributed by atoms with Gasteiger partial charge in [-0.05, 0) is 12.8 Å². The van der Waals surface area contributed by atoms with Crippen LogP contribution in [0.25, 0.3) is 0 Å². The number of nitrogens with two attached hydrogens (primary N) is 3. The molecule has 2 rings (SSSR count). The number of rotatable bonds is 2. The van der Waals surface area contributed by atoms with Gasteiger partial charge in [-0.1, -0.05) is 19.3 Å². The van der Waals surface area contributed by atoms with E-state index in [1.165, 1.54) is 19.3 Å². The lowest BCUT2D eigenvalue weighted by Crippen LogP contribution is -2.16. The topological polar surface area (TPSA) is 95.9 Å². The molecule has 0 radical (unpaired) electrons. The van der Waals surface area contributed by atoms with Crippen molar-refractivity contribution in [3.8, 4) is 0 Å². The molecule has 1 fully saturated rings. The minimum absolute atomic E-state index is 0.365. The summed E-state index contributed by atoms with van der Waals surface area (Å²) in [5.41, 5.74) is 18.1. The maximum atomic E-state index is 5.99. The highest BCUT2D eigenvalue weighted by Crippen LogP contribution is 2.31. The van der Waals surface area contributed by atoms with E-state index in [4.69, 9.17) is 17.2 Å². The molecule has 1 aliphatic carbocycles. The monoisotopic (exact) mass is 209 g/mol. The second kappa shape index (κ2) is 4.10. The van der Waals surface area contributed by atoms with E-state index in [0.29, 0.717) is 24.2 Å². The van der Waals surface area contributed by atoms with Gasteiger partial charge in [-0.3, -0.25) is 0 Å². The highest BCUT2D eigenvalue weighted by atomic mass is 15.3. The van der Waals surface area contributed by atoms with Gasteiger partial charge in [0.25, 0.3) is 0 Å². The molecule has 5 nitrogen and oxygen atoms in total. The minimum Gasteiger partial charge on any atom is -0.384 e. The Bertz CT molecular complexity index is 338. The van der Waals surface area contributed by atoms with Crippen molar-refractivity contribution in [2.75, 3.05) is 11.5 Å². The zero-order chi connectivity index (χ0) is 10.8. The molecule has 1 aromatic rings. The Labute approximate surface area is 89.6 Å². The van der Waals surface area contributed by atoms with E-state index in [9.17, 15) is 0 Å². The van der Waals surface area contributed by atoms with E-state index in [1.807, 2.05) is 4.68 Å². The highest BCUT2D eigenvalue weighted by molar-refractivity contribution is 5.54. The van der Waals surface area contributed by atoms with Crippen molar-refractivity contribution in [3.05, 3.63) is 5.56 Å². The molecule has 1 saturated carbocycles. The van der Waals surface area contributed by atoms with Crippen LogP contribution in [0.1, 0.15) is 43.7 Å². The third kappa shape index (κ3) is 1.79. The summed E-state index contributed by atoms with van der Waals surface area (Å²) in [6.45, 7) is 0.365. The SMILES string of the molecule is NCc1c(N)nn(C2CCCCC2)c1N. The minimum atomic E-state index is 0.365. The predicted molar refractivity (Wildman–Crippen MR) is 61.1 cm³/mol. The predicted octanol–water partition coefficient (Wildman–Crippen LogP) is 1.01. The van der Waals surface area contributed by atoms with Crippen molar-refractivity contribution < 1.29 is 0 Å². The van der Waals surface area contributed by atoms with Gasteiger partial charge in [-0.25, -0.2) is 4.68 Å². The largest absolute Gasteiger partial charge is 0.384 e. The molecule has 84 valence electrons. The summed E-state index contributed by atoms with van der Waals surface area (Å²) in [6.07, 6.45) is 6.12. The third-order valence-electron chi connectivity index (χ3n) is 3.21. The van der Waals surface area contributed by atoms with Crippen LogP contribution in [0.2, 0.25) is 0 Å². The van der Waals surface area contributed by atoms with Crippen LogP contribution >= 0.6 is 0 Å². The fraction of sp³-hybridized carbons (Fsp3) is 0.700. The fourth-order valence-electron chi connectivity index (χ4n) is 2.31. The molecule has 5 heteroatoms. The number of nitrogens with zero attached hydrogens (tertiary/aromatic N) is 2. The third-order valence-corrected chi connectivity index (χ3v) is 3.21. The van der Waals surface area contributed by atoms with E-state index in [1.54, 1.807) is 0 Å². The van der Waals surface area contributed by atoms with Gasteiger partial charge < -0.3 is 17.2 Å². The van der Waals surface area contributed by atoms with Crippen molar-refractivity contribution >= 4 is 11.6 Å². The van der Waals surface area contributed by atoms with E-state index in [0.717, 1.165) is 18.4 Å². The molecule has 0 unspecified atom stereocenters. The van der Waals surface area contributed by atoms with Gasteiger partial charge in [0, 0.05) is 6.54 Å². The van der Waals surface area contributed by atoms with Crippen LogP contribution in [0.4, 0.5) is 11.6 Å². The standard InChI is InChI=1S/C10H19N5/c11-6-8-9(12)14-15(10(8)13)7-4-2-1-3-5-7/h7H,1-6,11,13H2,(H2,12,14). The lowest BCUT2D eigenvalue weighted by molar-refractivity contribution is 0.334.